The fraction of sp³-hybridized carbons (Fsp3) is 0.458. The molecule has 1 unspecified atom stereocenters. The molecule has 0 saturated carbocycles. The third-order valence-corrected chi connectivity index (χ3v) is 5.51. The number of aliphatic hydroxyl groups excluding tert-OH is 1. The zero-order valence-electron chi connectivity index (χ0n) is 17.9. The number of piperazine rings is 1. The minimum absolute atomic E-state index is 0.00614. The van der Waals surface area contributed by atoms with Gasteiger partial charge in [-0.1, -0.05) is 31.5 Å². The Morgan fingerprint density at radius 2 is 1.80 bits per heavy atom. The van der Waals surface area contributed by atoms with E-state index in [0.29, 0.717) is 29.8 Å². The molecule has 0 bridgehead atoms. The van der Waals surface area contributed by atoms with E-state index >= 15 is 0 Å². The first kappa shape index (κ1) is 22.1. The molecular formula is C24H32N2O4. The molecule has 1 fully saturated rings. The standard InChI is InChI=1S/C24H32N2O4/c1-3-7-22-23(11-10-21(18(2)27)24(22)29)30-17-20(28)16-25-12-14-26(15-13-25)19-8-5-4-6-9-19/h4-6,8-11,20,28-29H,3,7,12-17H2,1-2H3. The van der Waals surface area contributed by atoms with Crippen molar-refractivity contribution in [1.29, 1.82) is 0 Å². The number of benzene rings is 2. The molecule has 2 aromatic rings. The van der Waals surface area contributed by atoms with E-state index in [1.165, 1.54) is 12.6 Å². The SMILES string of the molecule is CCCc1c(OCC(O)CN2CCN(c3ccccc3)CC2)ccc(C(C)=O)c1O. The van der Waals surface area contributed by atoms with Crippen molar-refractivity contribution in [2.75, 3.05) is 44.2 Å². The predicted molar refractivity (Wildman–Crippen MR) is 119 cm³/mol. The van der Waals surface area contributed by atoms with Crippen LogP contribution in [0.2, 0.25) is 0 Å². The molecule has 1 saturated heterocycles. The van der Waals surface area contributed by atoms with E-state index < -0.39 is 6.10 Å². The Morgan fingerprint density at radius 1 is 1.10 bits per heavy atom. The van der Waals surface area contributed by atoms with Crippen molar-refractivity contribution in [2.24, 2.45) is 0 Å². The molecule has 3 rings (SSSR count). The second-order valence-electron chi connectivity index (χ2n) is 7.83. The number of hydrogen-bond donors (Lipinski definition) is 2. The maximum atomic E-state index is 11.7. The van der Waals surface area contributed by atoms with Gasteiger partial charge in [0.1, 0.15) is 24.2 Å². The second kappa shape index (κ2) is 10.5. The van der Waals surface area contributed by atoms with Crippen molar-refractivity contribution in [1.82, 2.24) is 4.90 Å². The lowest BCUT2D eigenvalue weighted by atomic mass is 10.0. The first-order chi connectivity index (χ1) is 14.5. The normalized spacial score (nSPS) is 15.8. The van der Waals surface area contributed by atoms with Crippen molar-refractivity contribution < 1.29 is 19.7 Å². The van der Waals surface area contributed by atoms with Crippen molar-refractivity contribution in [3.05, 3.63) is 53.6 Å². The van der Waals surface area contributed by atoms with Crippen molar-refractivity contribution in [2.45, 2.75) is 32.8 Å². The molecule has 1 heterocycles. The summed E-state index contributed by atoms with van der Waals surface area (Å²) in [6.45, 7) is 7.78. The van der Waals surface area contributed by atoms with Crippen LogP contribution in [0.25, 0.3) is 0 Å². The highest BCUT2D eigenvalue weighted by Gasteiger charge is 2.21. The number of hydrogen-bond acceptors (Lipinski definition) is 6. The average Bonchev–Trinajstić information content (AvgIpc) is 2.75. The Labute approximate surface area is 178 Å². The molecule has 1 atom stereocenters. The van der Waals surface area contributed by atoms with E-state index in [1.54, 1.807) is 12.1 Å². The number of ketones is 1. The van der Waals surface area contributed by atoms with Gasteiger partial charge in [0.25, 0.3) is 0 Å². The van der Waals surface area contributed by atoms with E-state index in [9.17, 15) is 15.0 Å². The number of Topliss-reactive ketones (excluding diaryl/α,β-unsaturated/α-hetero) is 1. The van der Waals surface area contributed by atoms with Gasteiger partial charge in [-0.05, 0) is 37.6 Å². The maximum Gasteiger partial charge on any atom is 0.163 e. The molecule has 6 nitrogen and oxygen atoms in total. The number of carbonyl (C=O) groups excluding carboxylic acids is 1. The Hall–Kier alpha value is -2.57. The fourth-order valence-electron chi connectivity index (χ4n) is 3.89. The summed E-state index contributed by atoms with van der Waals surface area (Å²) in [6, 6.07) is 13.7. The molecule has 0 spiro atoms. The van der Waals surface area contributed by atoms with Crippen LogP contribution in [-0.2, 0) is 6.42 Å². The van der Waals surface area contributed by atoms with E-state index in [2.05, 4.69) is 34.1 Å². The van der Waals surface area contributed by atoms with Crippen molar-refractivity contribution in [3.63, 3.8) is 0 Å². The number of β-amino-alcohol motifs (C(OH)–C–C–N with tert-alkyl or cyclic N) is 1. The monoisotopic (exact) mass is 412 g/mol. The van der Waals surface area contributed by atoms with Gasteiger partial charge in [-0.2, -0.15) is 0 Å². The summed E-state index contributed by atoms with van der Waals surface area (Å²) in [4.78, 5) is 16.3. The smallest absolute Gasteiger partial charge is 0.163 e. The quantitative estimate of drug-likeness (QED) is 0.617. The summed E-state index contributed by atoms with van der Waals surface area (Å²) in [5.74, 6) is 0.353. The van der Waals surface area contributed by atoms with Gasteiger partial charge in [-0.25, -0.2) is 0 Å². The molecule has 1 aliphatic heterocycles. The number of rotatable bonds is 9. The second-order valence-corrected chi connectivity index (χ2v) is 7.83. The van der Waals surface area contributed by atoms with Crippen LogP contribution < -0.4 is 9.64 Å². The summed E-state index contributed by atoms with van der Waals surface area (Å²) < 4.78 is 5.84. The Balaban J connectivity index is 1.52. The number of para-hydroxylation sites is 1. The van der Waals surface area contributed by atoms with E-state index in [1.807, 2.05) is 13.0 Å². The van der Waals surface area contributed by atoms with Crippen LogP contribution in [-0.4, -0.2) is 66.3 Å². The zero-order chi connectivity index (χ0) is 21.5. The Kier molecular flexibility index (Phi) is 7.71. The number of carbonyl (C=O) groups is 1. The summed E-state index contributed by atoms with van der Waals surface area (Å²) in [6.07, 6.45) is 0.802. The highest BCUT2D eigenvalue weighted by atomic mass is 16.5. The van der Waals surface area contributed by atoms with Gasteiger partial charge >= 0.3 is 0 Å². The maximum absolute atomic E-state index is 11.7. The fourth-order valence-corrected chi connectivity index (χ4v) is 3.89. The third-order valence-electron chi connectivity index (χ3n) is 5.51. The zero-order valence-corrected chi connectivity index (χ0v) is 17.9. The molecule has 0 aromatic heterocycles. The number of aromatic hydroxyl groups is 1. The number of phenolic OH excluding ortho intramolecular Hbond substituents is 1. The molecule has 6 heteroatoms. The third kappa shape index (κ3) is 5.52. The minimum atomic E-state index is -0.627. The summed E-state index contributed by atoms with van der Waals surface area (Å²) in [5, 5.41) is 20.9. The van der Waals surface area contributed by atoms with Crippen molar-refractivity contribution in [3.8, 4) is 11.5 Å². The van der Waals surface area contributed by atoms with Crippen LogP contribution in [0, 0.1) is 0 Å². The number of aliphatic hydroxyl groups is 1. The molecule has 0 aliphatic carbocycles. The van der Waals surface area contributed by atoms with Gasteiger partial charge in [0.05, 0.1) is 5.56 Å². The molecule has 2 N–H and O–H groups in total. The first-order valence-electron chi connectivity index (χ1n) is 10.7. The van der Waals surface area contributed by atoms with Gasteiger partial charge < -0.3 is 19.8 Å². The van der Waals surface area contributed by atoms with Crippen LogP contribution in [0.4, 0.5) is 5.69 Å². The Morgan fingerprint density at radius 3 is 2.43 bits per heavy atom. The highest BCUT2D eigenvalue weighted by Crippen LogP contribution is 2.33. The molecule has 162 valence electrons. The lowest BCUT2D eigenvalue weighted by Gasteiger charge is -2.36. The lowest BCUT2D eigenvalue weighted by Crippen LogP contribution is -2.49. The lowest BCUT2D eigenvalue weighted by molar-refractivity contribution is 0.0658. The highest BCUT2D eigenvalue weighted by molar-refractivity contribution is 5.97. The van der Waals surface area contributed by atoms with E-state index in [0.717, 1.165) is 32.6 Å². The van der Waals surface area contributed by atoms with Crippen LogP contribution >= 0.6 is 0 Å². The number of phenols is 1. The van der Waals surface area contributed by atoms with Gasteiger partial charge in [-0.15, -0.1) is 0 Å². The summed E-state index contributed by atoms with van der Waals surface area (Å²) in [7, 11) is 0. The molecule has 2 aromatic carbocycles. The molecule has 0 radical (unpaired) electrons. The van der Waals surface area contributed by atoms with Gasteiger partial charge in [-0.3, -0.25) is 9.69 Å². The summed E-state index contributed by atoms with van der Waals surface area (Å²) >= 11 is 0. The minimum Gasteiger partial charge on any atom is -0.507 e. The average molecular weight is 413 g/mol. The largest absolute Gasteiger partial charge is 0.507 e. The van der Waals surface area contributed by atoms with Gasteiger partial charge in [0.2, 0.25) is 0 Å². The number of ether oxygens (including phenoxy) is 1. The van der Waals surface area contributed by atoms with Gasteiger partial charge in [0, 0.05) is 44.0 Å². The summed E-state index contributed by atoms with van der Waals surface area (Å²) in [5.41, 5.74) is 2.18. The molecule has 30 heavy (non-hydrogen) atoms. The molecule has 0 amide bonds. The number of nitrogens with zero attached hydrogens (tertiary/aromatic N) is 2. The Bertz CT molecular complexity index is 833. The van der Waals surface area contributed by atoms with Gasteiger partial charge in [0.15, 0.2) is 5.78 Å². The van der Waals surface area contributed by atoms with Crippen LogP contribution in [0.5, 0.6) is 11.5 Å². The topological polar surface area (TPSA) is 73.2 Å². The first-order valence-corrected chi connectivity index (χ1v) is 10.7. The van der Waals surface area contributed by atoms with Crippen LogP contribution in [0.1, 0.15) is 36.2 Å². The van der Waals surface area contributed by atoms with Crippen molar-refractivity contribution >= 4 is 11.5 Å². The number of anilines is 1. The predicted octanol–water partition coefficient (Wildman–Crippen LogP) is 3.11. The molecule has 1 aliphatic rings. The van der Waals surface area contributed by atoms with E-state index in [4.69, 9.17) is 4.74 Å². The van der Waals surface area contributed by atoms with E-state index in [-0.39, 0.29) is 18.1 Å². The van der Waals surface area contributed by atoms with Crippen LogP contribution in [0.15, 0.2) is 42.5 Å². The molecular weight excluding hydrogens is 380 g/mol. The van der Waals surface area contributed by atoms with Crippen LogP contribution in [0.3, 0.4) is 0 Å².